The zero-order valence-electron chi connectivity index (χ0n) is 8.78. The molecule has 0 bridgehead atoms. The fourth-order valence-electron chi connectivity index (χ4n) is 1.12. The quantitative estimate of drug-likeness (QED) is 0.633. The summed E-state index contributed by atoms with van der Waals surface area (Å²) in [4.78, 5) is 11.8. The lowest BCUT2D eigenvalue weighted by Gasteiger charge is -2.09. The van der Waals surface area contributed by atoms with E-state index < -0.39 is 20.3 Å². The van der Waals surface area contributed by atoms with Crippen molar-refractivity contribution in [2.45, 2.75) is 11.6 Å². The molecule has 0 aliphatic rings. The van der Waals surface area contributed by atoms with Crippen LogP contribution in [-0.4, -0.2) is 24.7 Å². The van der Waals surface area contributed by atoms with E-state index in [1.54, 1.807) is 0 Å². The fraction of sp³-hybridized carbons (Fsp3) is 0.300. The van der Waals surface area contributed by atoms with Crippen molar-refractivity contribution in [1.82, 2.24) is 0 Å². The first kappa shape index (κ1) is 14.8. The van der Waals surface area contributed by atoms with Crippen LogP contribution in [0.1, 0.15) is 17.3 Å². The van der Waals surface area contributed by atoms with E-state index in [2.05, 4.69) is 0 Å². The summed E-state index contributed by atoms with van der Waals surface area (Å²) in [5.41, 5.74) is 0.0492. The highest BCUT2D eigenvalue weighted by Gasteiger charge is 2.30. The molecular formula is C10H9Cl3O3S. The summed E-state index contributed by atoms with van der Waals surface area (Å²) in [5, 5.41) is 0.440. The Morgan fingerprint density at radius 3 is 2.41 bits per heavy atom. The lowest BCUT2D eigenvalue weighted by molar-refractivity contribution is 0.101. The number of carbonyl (C=O) groups excluding carboxylic acids is 1. The summed E-state index contributed by atoms with van der Waals surface area (Å²) in [6.45, 7) is 1.42. The number of hydrogen-bond donors (Lipinski definition) is 0. The van der Waals surface area contributed by atoms with Gasteiger partial charge in [-0.2, -0.15) is 0 Å². The molecule has 0 spiro atoms. The average Bonchev–Trinajstić information content (AvgIpc) is 2.27. The topological polar surface area (TPSA) is 51.2 Å². The molecule has 0 saturated heterocycles. The van der Waals surface area contributed by atoms with Gasteiger partial charge in [0.25, 0.3) is 0 Å². The van der Waals surface area contributed by atoms with Gasteiger partial charge in [-0.3, -0.25) is 4.79 Å². The zero-order valence-corrected chi connectivity index (χ0v) is 11.9. The molecule has 0 heterocycles. The van der Waals surface area contributed by atoms with Gasteiger partial charge in [-0.15, -0.1) is 0 Å². The van der Waals surface area contributed by atoms with Crippen LogP contribution in [-0.2, 0) is 9.84 Å². The maximum atomic E-state index is 11.8. The van der Waals surface area contributed by atoms with Gasteiger partial charge < -0.3 is 0 Å². The van der Waals surface area contributed by atoms with E-state index in [1.165, 1.54) is 25.1 Å². The van der Waals surface area contributed by atoms with Crippen molar-refractivity contribution < 1.29 is 13.2 Å². The maximum absolute atomic E-state index is 11.8. The van der Waals surface area contributed by atoms with Crippen LogP contribution in [0.5, 0.6) is 0 Å². The van der Waals surface area contributed by atoms with Gasteiger partial charge in [-0.25, -0.2) is 8.42 Å². The molecule has 94 valence electrons. The summed E-state index contributed by atoms with van der Waals surface area (Å²) in [5.74, 6) is -0.951. The molecule has 0 aliphatic carbocycles. The molecule has 7 heteroatoms. The van der Waals surface area contributed by atoms with Crippen LogP contribution in [0, 0.1) is 0 Å². The molecule has 0 amide bonds. The number of ketones is 1. The summed E-state index contributed by atoms with van der Waals surface area (Å²) in [6.07, 6.45) is 0. The van der Waals surface area contributed by atoms with Crippen molar-refractivity contribution in [1.29, 1.82) is 0 Å². The van der Waals surface area contributed by atoms with E-state index >= 15 is 0 Å². The van der Waals surface area contributed by atoms with Gasteiger partial charge in [-0.05, 0) is 18.2 Å². The molecule has 0 fully saturated rings. The van der Waals surface area contributed by atoms with Crippen molar-refractivity contribution in [3.63, 3.8) is 0 Å². The summed E-state index contributed by atoms with van der Waals surface area (Å²) >= 11 is 17.1. The van der Waals surface area contributed by atoms with Gasteiger partial charge in [0, 0.05) is 16.3 Å². The van der Waals surface area contributed by atoms with Crippen molar-refractivity contribution in [3.05, 3.63) is 33.8 Å². The molecule has 0 unspecified atom stereocenters. The monoisotopic (exact) mass is 314 g/mol. The number of rotatable bonds is 4. The molecule has 0 N–H and O–H groups in total. The number of alkyl halides is 1. The second kappa shape index (κ2) is 5.57. The van der Waals surface area contributed by atoms with Crippen LogP contribution in [0.25, 0.3) is 0 Å². The van der Waals surface area contributed by atoms with Gasteiger partial charge in [-0.1, -0.05) is 41.7 Å². The zero-order chi connectivity index (χ0) is 13.2. The number of Topliss-reactive ketones (excluding diaryl/α,β-unsaturated/α-hetero) is 1. The second-order valence-corrected chi connectivity index (χ2v) is 7.17. The Kier molecular flexibility index (Phi) is 4.84. The maximum Gasteiger partial charge on any atom is 0.197 e. The Morgan fingerprint density at radius 1 is 1.35 bits per heavy atom. The molecule has 0 aromatic heterocycles. The van der Waals surface area contributed by atoms with Crippen LogP contribution < -0.4 is 0 Å². The normalized spacial score (nSPS) is 13.4. The Balaban J connectivity index is 3.14. The van der Waals surface area contributed by atoms with Crippen LogP contribution in [0.2, 0.25) is 10.0 Å². The SMILES string of the molecule is CCS(=O)(=O)[C@H](Cl)C(=O)c1ccc(Cl)cc1Cl. The highest BCUT2D eigenvalue weighted by atomic mass is 35.5. The predicted molar refractivity (Wildman–Crippen MR) is 69.9 cm³/mol. The molecule has 1 atom stereocenters. The lowest BCUT2D eigenvalue weighted by Crippen LogP contribution is -2.26. The third kappa shape index (κ3) is 3.35. The van der Waals surface area contributed by atoms with E-state index in [0.717, 1.165) is 0 Å². The number of sulfone groups is 1. The van der Waals surface area contributed by atoms with E-state index in [9.17, 15) is 13.2 Å². The van der Waals surface area contributed by atoms with Gasteiger partial charge in [0.05, 0.1) is 5.02 Å². The Bertz CT molecular complexity index is 540. The smallest absolute Gasteiger partial charge is 0.197 e. The second-order valence-electron chi connectivity index (χ2n) is 3.26. The van der Waals surface area contributed by atoms with Crippen LogP contribution >= 0.6 is 34.8 Å². The Labute approximate surface area is 115 Å². The predicted octanol–water partition coefficient (Wildman–Crippen LogP) is 3.18. The fourth-order valence-corrected chi connectivity index (χ4v) is 2.86. The number of hydrogen-bond acceptors (Lipinski definition) is 3. The highest BCUT2D eigenvalue weighted by Crippen LogP contribution is 2.24. The first-order valence-corrected chi connectivity index (χ1v) is 7.55. The number of carbonyl (C=O) groups is 1. The van der Waals surface area contributed by atoms with Crippen molar-refractivity contribution >= 4 is 50.4 Å². The average molecular weight is 316 g/mol. The third-order valence-corrected chi connectivity index (χ3v) is 5.33. The lowest BCUT2D eigenvalue weighted by atomic mass is 10.1. The molecule has 1 aromatic carbocycles. The molecule has 0 saturated carbocycles. The summed E-state index contributed by atoms with van der Waals surface area (Å²) in [6, 6.07) is 4.16. The van der Waals surface area contributed by atoms with E-state index in [0.29, 0.717) is 5.02 Å². The third-order valence-electron chi connectivity index (χ3n) is 2.12. The van der Waals surface area contributed by atoms with Crippen molar-refractivity contribution in [2.75, 3.05) is 5.75 Å². The molecule has 0 radical (unpaired) electrons. The molecular weight excluding hydrogens is 307 g/mol. The van der Waals surface area contributed by atoms with Crippen molar-refractivity contribution in [2.24, 2.45) is 0 Å². The van der Waals surface area contributed by atoms with Crippen LogP contribution in [0.15, 0.2) is 18.2 Å². The minimum Gasteiger partial charge on any atom is -0.291 e. The standard InChI is InChI=1S/C10H9Cl3O3S/c1-2-17(15,16)10(13)9(14)7-4-3-6(11)5-8(7)12/h3-5,10H,2H2,1H3/t10-/m0/s1. The minimum atomic E-state index is -3.65. The van der Waals surface area contributed by atoms with Crippen LogP contribution in [0.4, 0.5) is 0 Å². The molecule has 17 heavy (non-hydrogen) atoms. The summed E-state index contributed by atoms with van der Waals surface area (Å²) in [7, 11) is -3.65. The summed E-state index contributed by atoms with van der Waals surface area (Å²) < 4.78 is 21.3. The van der Waals surface area contributed by atoms with E-state index in [1.807, 2.05) is 0 Å². The first-order chi connectivity index (χ1) is 7.79. The van der Waals surface area contributed by atoms with E-state index in [-0.39, 0.29) is 16.3 Å². The van der Waals surface area contributed by atoms with Gasteiger partial charge in [0.2, 0.25) is 0 Å². The van der Waals surface area contributed by atoms with Crippen molar-refractivity contribution in [3.8, 4) is 0 Å². The van der Waals surface area contributed by atoms with Gasteiger partial charge >= 0.3 is 0 Å². The molecule has 1 aromatic rings. The first-order valence-electron chi connectivity index (χ1n) is 4.64. The largest absolute Gasteiger partial charge is 0.291 e. The van der Waals surface area contributed by atoms with Gasteiger partial charge in [0.1, 0.15) is 0 Å². The highest BCUT2D eigenvalue weighted by molar-refractivity contribution is 7.94. The van der Waals surface area contributed by atoms with Gasteiger partial charge in [0.15, 0.2) is 20.3 Å². The molecule has 3 nitrogen and oxygen atoms in total. The molecule has 0 aliphatic heterocycles. The van der Waals surface area contributed by atoms with Crippen LogP contribution in [0.3, 0.4) is 0 Å². The number of benzene rings is 1. The van der Waals surface area contributed by atoms with E-state index in [4.69, 9.17) is 34.8 Å². The minimum absolute atomic E-state index is 0.0492. The Morgan fingerprint density at radius 2 is 1.94 bits per heavy atom. The number of halogens is 3. The molecule has 1 rings (SSSR count). The Hall–Kier alpha value is -0.290.